The Morgan fingerprint density at radius 3 is 2.71 bits per heavy atom. The molecule has 0 saturated carbocycles. The number of allylic oxidation sites excluding steroid dienone is 5. The molecule has 1 aromatic carbocycles. The van der Waals surface area contributed by atoms with E-state index in [-0.39, 0.29) is 0 Å². The lowest BCUT2D eigenvalue weighted by Crippen LogP contribution is -2.22. The van der Waals surface area contributed by atoms with Crippen LogP contribution in [0.3, 0.4) is 0 Å². The van der Waals surface area contributed by atoms with E-state index in [1.807, 2.05) is 43.5 Å². The lowest BCUT2D eigenvalue weighted by atomic mass is 9.96. The molecule has 3 N–H and O–H groups in total. The molecule has 24 heavy (non-hydrogen) atoms. The summed E-state index contributed by atoms with van der Waals surface area (Å²) in [6.07, 6.45) is 7.85. The predicted octanol–water partition coefficient (Wildman–Crippen LogP) is 5.39. The number of thioether (sulfide) groups is 1. The third-order valence-corrected chi connectivity index (χ3v) is 4.62. The van der Waals surface area contributed by atoms with Crippen molar-refractivity contribution in [2.45, 2.75) is 38.5 Å². The molecule has 0 amide bonds. The first-order chi connectivity index (χ1) is 11.5. The molecule has 1 aromatic rings. The van der Waals surface area contributed by atoms with Gasteiger partial charge in [-0.2, -0.15) is 0 Å². The van der Waals surface area contributed by atoms with Crippen molar-refractivity contribution >= 4 is 17.4 Å². The SMILES string of the molecule is C=C1CC/C(=C(/C=C\C)Oc2ccc(N)c(SC)c2)C(=C(C)C)N1. The summed E-state index contributed by atoms with van der Waals surface area (Å²) in [5, 5.41) is 3.41. The van der Waals surface area contributed by atoms with E-state index in [1.54, 1.807) is 11.8 Å². The number of ether oxygens (including phenoxy) is 1. The van der Waals surface area contributed by atoms with E-state index in [0.29, 0.717) is 0 Å². The van der Waals surface area contributed by atoms with Crippen LogP contribution in [0.2, 0.25) is 0 Å². The molecule has 1 heterocycles. The minimum atomic E-state index is 0.774. The molecule has 4 heteroatoms. The zero-order chi connectivity index (χ0) is 17.7. The van der Waals surface area contributed by atoms with Crippen LogP contribution in [0.5, 0.6) is 5.75 Å². The zero-order valence-corrected chi connectivity index (χ0v) is 15.7. The van der Waals surface area contributed by atoms with Crippen LogP contribution in [0.1, 0.15) is 33.6 Å². The molecule has 128 valence electrons. The van der Waals surface area contributed by atoms with Crippen molar-refractivity contribution in [3.63, 3.8) is 0 Å². The Kier molecular flexibility index (Phi) is 6.21. The average Bonchev–Trinajstić information content (AvgIpc) is 2.56. The number of nitrogens with two attached hydrogens (primary N) is 1. The molecule has 3 nitrogen and oxygen atoms in total. The fraction of sp³-hybridized carbons (Fsp3) is 0.300. The fourth-order valence-electron chi connectivity index (χ4n) is 2.62. The van der Waals surface area contributed by atoms with Crippen LogP contribution in [0, 0.1) is 0 Å². The number of anilines is 1. The molecule has 1 fully saturated rings. The summed E-state index contributed by atoms with van der Waals surface area (Å²) in [5.41, 5.74) is 11.3. The van der Waals surface area contributed by atoms with Crippen LogP contribution in [0.4, 0.5) is 5.69 Å². The molecule has 0 radical (unpaired) electrons. The van der Waals surface area contributed by atoms with Gasteiger partial charge in [0, 0.05) is 27.6 Å². The molecule has 0 aliphatic carbocycles. The molecule has 0 spiro atoms. The van der Waals surface area contributed by atoms with Gasteiger partial charge in [0.15, 0.2) is 0 Å². The standard InChI is InChI=1S/C20H26N2OS/c1-6-7-18(16-10-8-14(4)22-20(16)13(2)3)23-15-9-11-17(21)19(12-15)24-5/h6-7,9,11-12,22H,4,8,10,21H2,1-3,5H3/b7-6-,18-16+. The normalized spacial score (nSPS) is 17.0. The van der Waals surface area contributed by atoms with E-state index in [0.717, 1.165) is 46.3 Å². The maximum Gasteiger partial charge on any atom is 0.132 e. The first-order valence-electron chi connectivity index (χ1n) is 8.06. The van der Waals surface area contributed by atoms with Gasteiger partial charge in [0.25, 0.3) is 0 Å². The molecule has 0 unspecified atom stereocenters. The van der Waals surface area contributed by atoms with Crippen LogP contribution >= 0.6 is 11.8 Å². The Balaban J connectivity index is 2.45. The van der Waals surface area contributed by atoms with Gasteiger partial charge in [-0.1, -0.05) is 18.2 Å². The van der Waals surface area contributed by atoms with E-state index in [9.17, 15) is 0 Å². The van der Waals surface area contributed by atoms with Crippen LogP contribution in [-0.4, -0.2) is 6.26 Å². The van der Waals surface area contributed by atoms with Crippen LogP contribution < -0.4 is 15.8 Å². The van der Waals surface area contributed by atoms with Gasteiger partial charge in [-0.3, -0.25) is 0 Å². The highest BCUT2D eigenvalue weighted by Gasteiger charge is 2.19. The summed E-state index contributed by atoms with van der Waals surface area (Å²) >= 11 is 1.62. The minimum absolute atomic E-state index is 0.774. The van der Waals surface area contributed by atoms with Crippen molar-refractivity contribution in [1.29, 1.82) is 0 Å². The Morgan fingerprint density at radius 1 is 1.33 bits per heavy atom. The summed E-state index contributed by atoms with van der Waals surface area (Å²) < 4.78 is 6.23. The van der Waals surface area contributed by atoms with Crippen molar-refractivity contribution < 1.29 is 4.74 Å². The summed E-state index contributed by atoms with van der Waals surface area (Å²) in [5.74, 6) is 1.66. The molecule has 1 aliphatic rings. The molecule has 1 aliphatic heterocycles. The maximum atomic E-state index is 6.23. The Bertz CT molecular complexity index is 725. The Hall–Kier alpha value is -2.07. The number of piperidine rings is 1. The Morgan fingerprint density at radius 2 is 2.08 bits per heavy atom. The molecule has 0 aromatic heterocycles. The maximum absolute atomic E-state index is 6.23. The quantitative estimate of drug-likeness (QED) is 0.437. The van der Waals surface area contributed by atoms with Gasteiger partial charge in [-0.25, -0.2) is 0 Å². The van der Waals surface area contributed by atoms with Gasteiger partial charge in [-0.15, -0.1) is 11.8 Å². The summed E-state index contributed by atoms with van der Waals surface area (Å²) in [7, 11) is 0. The van der Waals surface area contributed by atoms with E-state index in [4.69, 9.17) is 10.5 Å². The number of hydrogen-bond acceptors (Lipinski definition) is 4. The molecule has 2 rings (SSSR count). The van der Waals surface area contributed by atoms with Crippen molar-refractivity contribution in [2.24, 2.45) is 0 Å². The number of nitrogens with one attached hydrogen (secondary N) is 1. The molecule has 0 atom stereocenters. The van der Waals surface area contributed by atoms with Gasteiger partial charge in [-0.05, 0) is 64.1 Å². The van der Waals surface area contributed by atoms with Gasteiger partial charge < -0.3 is 15.8 Å². The third-order valence-electron chi connectivity index (χ3n) is 3.83. The third kappa shape index (κ3) is 4.26. The second-order valence-corrected chi connectivity index (χ2v) is 6.80. The first kappa shape index (κ1) is 18.3. The lowest BCUT2D eigenvalue weighted by molar-refractivity contribution is 0.432. The van der Waals surface area contributed by atoms with Gasteiger partial charge in [0.05, 0.1) is 0 Å². The van der Waals surface area contributed by atoms with Crippen LogP contribution in [-0.2, 0) is 0 Å². The first-order valence-corrected chi connectivity index (χ1v) is 9.28. The van der Waals surface area contributed by atoms with Crippen LogP contribution in [0.25, 0.3) is 0 Å². The zero-order valence-electron chi connectivity index (χ0n) is 14.9. The number of benzene rings is 1. The topological polar surface area (TPSA) is 47.3 Å². The molecular weight excluding hydrogens is 316 g/mol. The van der Waals surface area contributed by atoms with Crippen molar-refractivity contribution in [3.05, 3.63) is 65.2 Å². The highest BCUT2D eigenvalue weighted by molar-refractivity contribution is 7.98. The number of nitrogen functional groups attached to an aromatic ring is 1. The van der Waals surface area contributed by atoms with Crippen molar-refractivity contribution in [1.82, 2.24) is 5.32 Å². The summed E-state index contributed by atoms with van der Waals surface area (Å²) in [4.78, 5) is 1.02. The van der Waals surface area contributed by atoms with Crippen LogP contribution in [0.15, 0.2) is 70.1 Å². The average molecular weight is 343 g/mol. The van der Waals surface area contributed by atoms with Crippen molar-refractivity contribution in [2.75, 3.05) is 12.0 Å². The van der Waals surface area contributed by atoms with E-state index in [1.165, 1.54) is 11.1 Å². The number of hydrogen-bond donors (Lipinski definition) is 2. The van der Waals surface area contributed by atoms with Gasteiger partial charge in [0.1, 0.15) is 11.5 Å². The molecule has 0 bridgehead atoms. The second kappa shape index (κ2) is 8.15. The monoisotopic (exact) mass is 342 g/mol. The van der Waals surface area contributed by atoms with E-state index < -0.39 is 0 Å². The second-order valence-electron chi connectivity index (χ2n) is 5.95. The largest absolute Gasteiger partial charge is 0.457 e. The molecule has 1 saturated heterocycles. The fourth-order valence-corrected chi connectivity index (χ4v) is 3.16. The highest BCUT2D eigenvalue weighted by atomic mass is 32.2. The van der Waals surface area contributed by atoms with E-state index in [2.05, 4.69) is 25.7 Å². The van der Waals surface area contributed by atoms with Gasteiger partial charge >= 0.3 is 0 Å². The van der Waals surface area contributed by atoms with Crippen molar-refractivity contribution in [3.8, 4) is 5.75 Å². The summed E-state index contributed by atoms with van der Waals surface area (Å²) in [6.45, 7) is 10.3. The minimum Gasteiger partial charge on any atom is -0.457 e. The summed E-state index contributed by atoms with van der Waals surface area (Å²) in [6, 6.07) is 5.79. The van der Waals surface area contributed by atoms with E-state index >= 15 is 0 Å². The Labute approximate surface area is 149 Å². The lowest BCUT2D eigenvalue weighted by Gasteiger charge is -2.26. The number of rotatable bonds is 4. The smallest absolute Gasteiger partial charge is 0.132 e. The van der Waals surface area contributed by atoms with Gasteiger partial charge in [0.2, 0.25) is 0 Å². The molecular formula is C20H26N2OS. The highest BCUT2D eigenvalue weighted by Crippen LogP contribution is 2.32. The predicted molar refractivity (Wildman–Crippen MR) is 105 cm³/mol.